The van der Waals surface area contributed by atoms with Crippen LogP contribution >= 0.6 is 0 Å². The van der Waals surface area contributed by atoms with Gasteiger partial charge in [-0.25, -0.2) is 9.78 Å². The Hall–Kier alpha value is -1.51. The van der Waals surface area contributed by atoms with Crippen molar-refractivity contribution >= 4 is 5.95 Å². The molecule has 4 N–H and O–H groups in total. The highest BCUT2D eigenvalue weighted by Gasteiger charge is 2.43. The molecule has 0 saturated carbocycles. The Morgan fingerprint density at radius 2 is 2.24 bits per heavy atom. The van der Waals surface area contributed by atoms with Crippen LogP contribution in [0, 0.1) is 0 Å². The highest BCUT2D eigenvalue weighted by molar-refractivity contribution is 5.10. The van der Waals surface area contributed by atoms with Crippen LogP contribution in [0.3, 0.4) is 0 Å². The summed E-state index contributed by atoms with van der Waals surface area (Å²) >= 11 is 0. The van der Waals surface area contributed by atoms with E-state index in [1.54, 1.807) is 0 Å². The molecule has 8 nitrogen and oxygen atoms in total. The van der Waals surface area contributed by atoms with E-state index in [0.717, 1.165) is 10.9 Å². The molecule has 1 aromatic heterocycles. The van der Waals surface area contributed by atoms with Crippen LogP contribution in [0.5, 0.6) is 0 Å². The number of nitrogens with zero attached hydrogens (tertiary/aromatic N) is 3. The van der Waals surface area contributed by atoms with Gasteiger partial charge in [0.1, 0.15) is 18.5 Å². The summed E-state index contributed by atoms with van der Waals surface area (Å²) in [5, 5.41) is 19.5. The average Bonchev–Trinajstić information content (AvgIpc) is 2.57. The molecule has 2 heterocycles. The molecule has 8 heteroatoms. The molecule has 0 spiro atoms. The second kappa shape index (κ2) is 4.40. The molecular weight excluding hydrogens is 228 g/mol. The van der Waals surface area contributed by atoms with Gasteiger partial charge in [-0.3, -0.25) is 4.57 Å². The minimum Gasteiger partial charge on any atom is -0.388 e. The first-order chi connectivity index (χ1) is 8.04. The summed E-state index contributed by atoms with van der Waals surface area (Å²) in [5.74, 6) is -0.147. The van der Waals surface area contributed by atoms with Crippen LogP contribution in [0.2, 0.25) is 0 Å². The maximum Gasteiger partial charge on any atom is 0.354 e. The van der Waals surface area contributed by atoms with Gasteiger partial charge in [0.15, 0.2) is 6.23 Å². The SMILES string of the molecule is CCC1O[C@@H](n2cnc(N)nc2=O)C(O)C1O. The second-order valence-corrected chi connectivity index (χ2v) is 3.86. The zero-order valence-electron chi connectivity index (χ0n) is 9.22. The van der Waals surface area contributed by atoms with Gasteiger partial charge in [0, 0.05) is 0 Å². The van der Waals surface area contributed by atoms with Crippen LogP contribution in [-0.4, -0.2) is 43.1 Å². The number of aliphatic hydroxyl groups is 2. The van der Waals surface area contributed by atoms with Crippen molar-refractivity contribution in [3.63, 3.8) is 0 Å². The highest BCUT2D eigenvalue weighted by atomic mass is 16.6. The molecule has 4 atom stereocenters. The smallest absolute Gasteiger partial charge is 0.354 e. The van der Waals surface area contributed by atoms with E-state index >= 15 is 0 Å². The largest absolute Gasteiger partial charge is 0.388 e. The lowest BCUT2D eigenvalue weighted by Gasteiger charge is -2.16. The maximum absolute atomic E-state index is 11.5. The molecule has 1 aliphatic rings. The second-order valence-electron chi connectivity index (χ2n) is 3.86. The van der Waals surface area contributed by atoms with Gasteiger partial charge in [-0.1, -0.05) is 6.92 Å². The molecule has 17 heavy (non-hydrogen) atoms. The van der Waals surface area contributed by atoms with Crippen LogP contribution in [0.1, 0.15) is 19.6 Å². The Balaban J connectivity index is 2.32. The van der Waals surface area contributed by atoms with E-state index in [-0.39, 0.29) is 5.95 Å². The van der Waals surface area contributed by atoms with Crippen molar-refractivity contribution in [1.82, 2.24) is 14.5 Å². The van der Waals surface area contributed by atoms with Gasteiger partial charge >= 0.3 is 5.69 Å². The summed E-state index contributed by atoms with van der Waals surface area (Å²) in [7, 11) is 0. The van der Waals surface area contributed by atoms with Crippen LogP contribution in [0.15, 0.2) is 11.1 Å². The van der Waals surface area contributed by atoms with Gasteiger partial charge in [0.2, 0.25) is 5.95 Å². The first-order valence-corrected chi connectivity index (χ1v) is 5.26. The van der Waals surface area contributed by atoms with Gasteiger partial charge < -0.3 is 20.7 Å². The number of hydrogen-bond acceptors (Lipinski definition) is 7. The van der Waals surface area contributed by atoms with E-state index in [1.807, 2.05) is 6.92 Å². The molecule has 3 unspecified atom stereocenters. The topological polar surface area (TPSA) is 123 Å². The number of hydrogen-bond donors (Lipinski definition) is 3. The summed E-state index contributed by atoms with van der Waals surface area (Å²) in [6.07, 6.45) is -2.05. The van der Waals surface area contributed by atoms with Crippen LogP contribution in [0.4, 0.5) is 5.95 Å². The molecule has 0 amide bonds. The third kappa shape index (κ3) is 2.02. The molecule has 0 aliphatic carbocycles. The standard InChI is InChI=1S/C9H14N4O4/c1-2-4-5(14)6(15)7(17-4)13-3-11-8(10)12-9(13)16/h3-7,14-15H,2H2,1H3,(H2,10,12,16)/t4?,5?,6?,7-/m1/s1. The first-order valence-electron chi connectivity index (χ1n) is 5.26. The van der Waals surface area contributed by atoms with Crippen molar-refractivity contribution in [1.29, 1.82) is 0 Å². The first kappa shape index (κ1) is 12.0. The average molecular weight is 242 g/mol. The van der Waals surface area contributed by atoms with Crippen molar-refractivity contribution in [2.24, 2.45) is 0 Å². The number of ether oxygens (including phenoxy) is 1. The van der Waals surface area contributed by atoms with Crippen LogP contribution in [0.25, 0.3) is 0 Å². The van der Waals surface area contributed by atoms with Crippen LogP contribution < -0.4 is 11.4 Å². The zero-order chi connectivity index (χ0) is 12.6. The lowest BCUT2D eigenvalue weighted by atomic mass is 10.1. The molecule has 1 saturated heterocycles. The molecule has 0 radical (unpaired) electrons. The van der Waals surface area contributed by atoms with E-state index < -0.39 is 30.2 Å². The molecule has 1 fully saturated rings. The van der Waals surface area contributed by atoms with E-state index in [0.29, 0.717) is 6.42 Å². The predicted octanol–water partition coefficient (Wildman–Crippen LogP) is -1.75. The minimum atomic E-state index is -1.19. The van der Waals surface area contributed by atoms with Crippen LogP contribution in [-0.2, 0) is 4.74 Å². The quantitative estimate of drug-likeness (QED) is 0.561. The lowest BCUT2D eigenvalue weighted by molar-refractivity contribution is -0.0410. The number of aliphatic hydroxyl groups excluding tert-OH is 2. The Kier molecular flexibility index (Phi) is 3.09. The van der Waals surface area contributed by atoms with Crippen molar-refractivity contribution in [2.75, 3.05) is 5.73 Å². The van der Waals surface area contributed by atoms with Crippen molar-refractivity contribution in [3.8, 4) is 0 Å². The molecule has 1 aliphatic heterocycles. The fraction of sp³-hybridized carbons (Fsp3) is 0.667. The number of nitrogens with two attached hydrogens (primary N) is 1. The Bertz CT molecular complexity index is 463. The predicted molar refractivity (Wildman–Crippen MR) is 56.9 cm³/mol. The molecule has 0 aromatic carbocycles. The van der Waals surface area contributed by atoms with Crippen molar-refractivity contribution in [2.45, 2.75) is 37.9 Å². The molecule has 94 valence electrons. The molecule has 1 aromatic rings. The normalized spacial score (nSPS) is 32.9. The van der Waals surface area contributed by atoms with E-state index in [4.69, 9.17) is 10.5 Å². The number of rotatable bonds is 2. The summed E-state index contributed by atoms with van der Waals surface area (Å²) in [6, 6.07) is 0. The van der Waals surface area contributed by atoms with E-state index in [9.17, 15) is 15.0 Å². The maximum atomic E-state index is 11.5. The fourth-order valence-corrected chi connectivity index (χ4v) is 1.83. The monoisotopic (exact) mass is 242 g/mol. The minimum absolute atomic E-state index is 0.147. The summed E-state index contributed by atoms with van der Waals surface area (Å²) in [4.78, 5) is 18.6. The third-order valence-corrected chi connectivity index (χ3v) is 2.76. The summed E-state index contributed by atoms with van der Waals surface area (Å²) < 4.78 is 6.40. The molecule has 2 rings (SSSR count). The summed E-state index contributed by atoms with van der Waals surface area (Å²) in [6.45, 7) is 1.81. The van der Waals surface area contributed by atoms with Gasteiger partial charge in [-0.15, -0.1) is 0 Å². The number of aromatic nitrogens is 3. The molecular formula is C9H14N4O4. The number of nitrogen functional groups attached to an aromatic ring is 1. The van der Waals surface area contributed by atoms with Gasteiger partial charge in [0.25, 0.3) is 0 Å². The van der Waals surface area contributed by atoms with Gasteiger partial charge in [-0.2, -0.15) is 4.98 Å². The third-order valence-electron chi connectivity index (χ3n) is 2.76. The number of anilines is 1. The van der Waals surface area contributed by atoms with Gasteiger partial charge in [0.05, 0.1) is 6.10 Å². The van der Waals surface area contributed by atoms with Crippen molar-refractivity contribution in [3.05, 3.63) is 16.8 Å². The zero-order valence-corrected chi connectivity index (χ0v) is 9.22. The van der Waals surface area contributed by atoms with Crippen molar-refractivity contribution < 1.29 is 14.9 Å². The summed E-state index contributed by atoms with van der Waals surface area (Å²) in [5.41, 5.74) is 4.58. The van der Waals surface area contributed by atoms with Gasteiger partial charge in [-0.05, 0) is 6.42 Å². The Labute approximate surface area is 96.7 Å². The van der Waals surface area contributed by atoms with E-state index in [2.05, 4.69) is 9.97 Å². The Morgan fingerprint density at radius 1 is 1.53 bits per heavy atom. The lowest BCUT2D eigenvalue weighted by Crippen LogP contribution is -2.36. The highest BCUT2D eigenvalue weighted by Crippen LogP contribution is 2.29. The molecule has 0 bridgehead atoms. The fourth-order valence-electron chi connectivity index (χ4n) is 1.83. The van der Waals surface area contributed by atoms with E-state index in [1.165, 1.54) is 0 Å². The Morgan fingerprint density at radius 3 is 2.76 bits per heavy atom.